The third kappa shape index (κ3) is 7.93. The Balaban J connectivity index is 1.21. The molecular formula is C55H80N6O13. The Labute approximate surface area is 432 Å². The molecule has 1 spiro atoms. The summed E-state index contributed by atoms with van der Waals surface area (Å²) in [7, 11) is 0. The van der Waals surface area contributed by atoms with Gasteiger partial charge >= 0.3 is 5.97 Å². The lowest BCUT2D eigenvalue weighted by molar-refractivity contribution is -0.344. The van der Waals surface area contributed by atoms with E-state index in [0.717, 1.165) is 11.3 Å². The van der Waals surface area contributed by atoms with Gasteiger partial charge in [-0.15, -0.1) is 5.92 Å². The topological polar surface area (TPSA) is 330 Å². The summed E-state index contributed by atoms with van der Waals surface area (Å²) in [6.45, 7) is 7.10. The molecule has 408 valence electrons. The second kappa shape index (κ2) is 19.6. The fraction of sp³-hybridized carbons (Fsp3) is 0.782. The first-order valence-corrected chi connectivity index (χ1v) is 27.1. The van der Waals surface area contributed by atoms with Crippen LogP contribution in [0, 0.1) is 91.7 Å². The Kier molecular flexibility index (Phi) is 14.2. The Bertz CT molecular complexity index is 2470. The molecule has 19 nitrogen and oxygen atoms in total. The number of aliphatic carboxylic acids is 1. The molecule has 0 aromatic carbocycles. The van der Waals surface area contributed by atoms with Gasteiger partial charge in [-0.05, 0) is 111 Å². The summed E-state index contributed by atoms with van der Waals surface area (Å²) in [4.78, 5) is 43.9. The Morgan fingerprint density at radius 2 is 1.70 bits per heavy atom. The minimum Gasteiger partial charge on any atom is -0.481 e. The summed E-state index contributed by atoms with van der Waals surface area (Å²) in [6, 6.07) is -0.714. The van der Waals surface area contributed by atoms with Crippen molar-refractivity contribution in [3.8, 4) is 11.8 Å². The van der Waals surface area contributed by atoms with Crippen LogP contribution >= 0.6 is 0 Å². The van der Waals surface area contributed by atoms with Crippen molar-refractivity contribution in [2.75, 3.05) is 26.4 Å². The van der Waals surface area contributed by atoms with E-state index < -0.39 is 142 Å². The highest BCUT2D eigenvalue weighted by Gasteiger charge is 2.77. The molecule has 2 aromatic rings. The zero-order valence-corrected chi connectivity index (χ0v) is 43.1. The van der Waals surface area contributed by atoms with Crippen LogP contribution in [0.5, 0.6) is 0 Å². The van der Waals surface area contributed by atoms with Crippen LogP contribution in [0.4, 0.5) is 0 Å². The van der Waals surface area contributed by atoms with Crippen LogP contribution in [0.25, 0.3) is 0 Å². The molecule has 4 saturated carbocycles. The van der Waals surface area contributed by atoms with Gasteiger partial charge in [0.15, 0.2) is 6.29 Å². The van der Waals surface area contributed by atoms with Crippen LogP contribution in [0.15, 0.2) is 36.7 Å². The van der Waals surface area contributed by atoms with E-state index in [0.29, 0.717) is 76.3 Å². The average Bonchev–Trinajstić information content (AvgIpc) is 4.19. The number of amides is 1. The van der Waals surface area contributed by atoms with Crippen LogP contribution in [-0.4, -0.2) is 153 Å². The van der Waals surface area contributed by atoms with Gasteiger partial charge in [-0.2, -0.15) is 0 Å². The Morgan fingerprint density at radius 3 is 2.36 bits per heavy atom. The van der Waals surface area contributed by atoms with Crippen molar-refractivity contribution < 1.29 is 65.0 Å². The molecule has 4 heterocycles. The molecule has 19 heteroatoms. The molecule has 2 saturated heterocycles. The normalized spacial score (nSPS) is 47.4. The highest BCUT2D eigenvalue weighted by molar-refractivity contribution is 5.82. The van der Waals surface area contributed by atoms with E-state index in [-0.39, 0.29) is 37.4 Å². The summed E-state index contributed by atoms with van der Waals surface area (Å²) in [5, 5.41) is 106. The second-order valence-corrected chi connectivity index (χ2v) is 25.2. The maximum atomic E-state index is 14.5. The lowest BCUT2D eigenvalue weighted by Gasteiger charge is -2.75. The average molecular weight is 1030 g/mol. The number of hydrogen-bond acceptors (Lipinski definition) is 15. The lowest BCUT2D eigenvalue weighted by atomic mass is 9.29. The number of rotatable bonds is 14. The number of aliphatic hydroxyl groups is 8. The number of aromatic nitrogens is 4. The number of nitrogens with one attached hydrogen (secondary N) is 3. The summed E-state index contributed by atoms with van der Waals surface area (Å²) in [5.41, 5.74) is 3.61. The van der Waals surface area contributed by atoms with Crippen LogP contribution < -0.4 is 11.1 Å². The third-order valence-corrected chi connectivity index (χ3v) is 21.9. The molecule has 8 aliphatic rings. The minimum absolute atomic E-state index is 0.0725. The number of carbonyl (C=O) groups excluding carboxylic acids is 1. The maximum absolute atomic E-state index is 14.5. The van der Waals surface area contributed by atoms with Gasteiger partial charge in [0.2, 0.25) is 5.91 Å². The monoisotopic (exact) mass is 1030 g/mol. The van der Waals surface area contributed by atoms with Crippen molar-refractivity contribution in [1.82, 2.24) is 25.3 Å². The number of allylic oxidation sites excluding steroid dienone is 2. The fourth-order valence-electron chi connectivity index (χ4n) is 18.4. The number of hydrogen-bond donors (Lipinski definition) is 13. The van der Waals surface area contributed by atoms with E-state index >= 15 is 0 Å². The zero-order valence-electron chi connectivity index (χ0n) is 43.1. The summed E-state index contributed by atoms with van der Waals surface area (Å²) < 4.78 is 12.6. The second-order valence-electron chi connectivity index (χ2n) is 25.2. The van der Waals surface area contributed by atoms with Gasteiger partial charge in [0, 0.05) is 77.4 Å². The van der Waals surface area contributed by atoms with E-state index in [1.807, 2.05) is 13.1 Å². The first-order chi connectivity index (χ1) is 35.2. The minimum atomic E-state index is -1.71. The van der Waals surface area contributed by atoms with Crippen molar-refractivity contribution in [2.45, 2.75) is 160 Å². The van der Waals surface area contributed by atoms with Gasteiger partial charge in [-0.1, -0.05) is 45.3 Å². The number of H-pyrrole nitrogens is 2. The van der Waals surface area contributed by atoms with E-state index in [2.05, 4.69) is 63.9 Å². The van der Waals surface area contributed by atoms with Crippen molar-refractivity contribution in [2.24, 2.45) is 85.6 Å². The van der Waals surface area contributed by atoms with E-state index in [9.17, 15) is 55.5 Å². The molecule has 10 rings (SSSR count). The fourth-order valence-corrected chi connectivity index (χ4v) is 18.4. The molecule has 23 atom stereocenters. The highest BCUT2D eigenvalue weighted by atomic mass is 16.7. The maximum Gasteiger partial charge on any atom is 0.310 e. The summed E-state index contributed by atoms with van der Waals surface area (Å²) >= 11 is 0. The number of nitrogens with two attached hydrogens (primary N) is 1. The first-order valence-electron chi connectivity index (χ1n) is 27.1. The van der Waals surface area contributed by atoms with Crippen LogP contribution in [0.2, 0.25) is 0 Å². The molecule has 6 fully saturated rings. The summed E-state index contributed by atoms with van der Waals surface area (Å²) in [5.74, 6) is 0.888. The molecule has 2 aromatic heterocycles. The van der Waals surface area contributed by atoms with Crippen LogP contribution in [0.1, 0.15) is 116 Å². The third-order valence-electron chi connectivity index (χ3n) is 21.9. The molecule has 74 heavy (non-hydrogen) atoms. The molecule has 4 bridgehead atoms. The Morgan fingerprint density at radius 1 is 0.946 bits per heavy atom. The molecule has 6 aliphatic carbocycles. The quantitative estimate of drug-likeness (QED) is 0.0555. The van der Waals surface area contributed by atoms with Gasteiger partial charge in [-0.3, -0.25) is 9.59 Å². The number of nitrogens with zero attached hydrogens (tertiary/aromatic N) is 2. The molecule has 2 aliphatic heterocycles. The molecule has 14 N–H and O–H groups in total. The van der Waals surface area contributed by atoms with Gasteiger partial charge in [0.05, 0.1) is 56.0 Å². The lowest BCUT2D eigenvalue weighted by Crippen LogP contribution is -2.74. The standard InChI is InChI=1S/C55H80N6O13/c1-50(24-63)15-16-54(49(71)72)18-28(17-29-20-57-26-59-29)55-13-6-5-7-31(40-32(22-62)47(70)61-42(40)30(8-11-39(56)66)35-21-58-27-60-35)41-44(68)46(74-48-45(69)43(67)36(65)23-73-48)51(2,25-64)37-12-14-52(55,3)38(53(37,41)4)10-9-33(55)34(54)19-50/h9,20-21,26-28,30-32,34,36-46,48,62-69H,6,8,10-19,22-25,56H2,1-4H3,(H,57,59)(H,58,60)(H,61,70)(H,71,72). The zero-order chi connectivity index (χ0) is 52.9. The van der Waals surface area contributed by atoms with Crippen molar-refractivity contribution in [1.29, 1.82) is 0 Å². The van der Waals surface area contributed by atoms with Crippen molar-refractivity contribution in [3.05, 3.63) is 48.1 Å². The van der Waals surface area contributed by atoms with E-state index in [4.69, 9.17) is 15.2 Å². The first kappa shape index (κ1) is 53.6. The highest BCUT2D eigenvalue weighted by Crippen LogP contribution is 2.80. The SMILES string of the molecule is CC1(CO)CCC2(C(=O)O)CC(Cc3cnc[nH]3)C34CCC#CC(C5C(CO)C(=O)NC5C(CCC(N)O)c5cnc[nH]5)C5C(O)C(OC6OCC(O)C(O)C6O)C(C)(CO)C6CCC3(C)C(CC=C4C2C1)C56C. The predicted octanol–water partition coefficient (Wildman–Crippen LogP) is 1.71. The van der Waals surface area contributed by atoms with Crippen LogP contribution in [-0.2, 0) is 25.5 Å². The van der Waals surface area contributed by atoms with Gasteiger partial charge in [0.1, 0.15) is 24.5 Å². The smallest absolute Gasteiger partial charge is 0.310 e. The van der Waals surface area contributed by atoms with E-state index in [1.165, 1.54) is 6.33 Å². The number of carboxylic acid groups (broad SMARTS) is 1. The predicted molar refractivity (Wildman–Crippen MR) is 265 cm³/mol. The molecule has 1 amide bonds. The molecular weight excluding hydrogens is 953 g/mol. The number of imidazole rings is 2. The number of fused-ring (bicyclic) bond motifs is 2. The Hall–Kier alpha value is -3.78. The number of aromatic amines is 2. The molecule has 0 radical (unpaired) electrons. The van der Waals surface area contributed by atoms with Gasteiger partial charge in [0.25, 0.3) is 0 Å². The number of carbonyl (C=O) groups is 2. The number of carboxylic acids is 1. The largest absolute Gasteiger partial charge is 0.481 e. The molecule has 23 unspecified atom stereocenters. The number of aliphatic hydroxyl groups excluding tert-OH is 8. The van der Waals surface area contributed by atoms with Crippen LogP contribution in [0.3, 0.4) is 0 Å². The summed E-state index contributed by atoms with van der Waals surface area (Å²) in [6.07, 6.45) is 4.34. The van der Waals surface area contributed by atoms with Gasteiger partial charge < -0.3 is 76.5 Å². The van der Waals surface area contributed by atoms with Crippen molar-refractivity contribution in [3.63, 3.8) is 0 Å². The van der Waals surface area contributed by atoms with Gasteiger partial charge in [-0.25, -0.2) is 9.97 Å². The van der Waals surface area contributed by atoms with E-state index in [1.54, 1.807) is 12.5 Å². The van der Waals surface area contributed by atoms with Crippen molar-refractivity contribution >= 4 is 11.9 Å². The number of ether oxygens (including phenoxy) is 2.